The van der Waals surface area contributed by atoms with Crippen LogP contribution in [0, 0.1) is 0 Å². The molecule has 0 spiro atoms. The number of rotatable bonds is 8. The molecule has 1 aromatic rings. The lowest BCUT2D eigenvalue weighted by Gasteiger charge is -2.25. The predicted octanol–water partition coefficient (Wildman–Crippen LogP) is 3.33. The first kappa shape index (κ1) is 19.3. The van der Waals surface area contributed by atoms with E-state index >= 15 is 0 Å². The van der Waals surface area contributed by atoms with Crippen LogP contribution in [0.5, 0.6) is 0 Å². The van der Waals surface area contributed by atoms with E-state index in [2.05, 4.69) is 12.2 Å². The van der Waals surface area contributed by atoms with Crippen molar-refractivity contribution in [3.05, 3.63) is 24.3 Å². The quantitative estimate of drug-likeness (QED) is 0.713. The number of amides is 1. The third-order valence-corrected chi connectivity index (χ3v) is 6.92. The minimum Gasteiger partial charge on any atom is -0.325 e. The Balaban J connectivity index is 1.91. The van der Waals surface area contributed by atoms with E-state index in [1.807, 2.05) is 0 Å². The minimum atomic E-state index is -3.41. The van der Waals surface area contributed by atoms with Crippen LogP contribution in [0.1, 0.15) is 39.0 Å². The summed E-state index contributed by atoms with van der Waals surface area (Å²) in [6.07, 6.45) is 5.17. The molecule has 5 nitrogen and oxygen atoms in total. The van der Waals surface area contributed by atoms with Crippen LogP contribution in [0.4, 0.5) is 5.69 Å². The number of carbonyl (C=O) groups excluding carboxylic acids is 1. The molecule has 1 aromatic carbocycles. The zero-order valence-corrected chi connectivity index (χ0v) is 15.8. The maximum atomic E-state index is 12.6. The van der Waals surface area contributed by atoms with Crippen molar-refractivity contribution in [1.29, 1.82) is 0 Å². The summed E-state index contributed by atoms with van der Waals surface area (Å²) in [5.41, 5.74) is 0.633. The van der Waals surface area contributed by atoms with Gasteiger partial charge in [0.15, 0.2) is 0 Å². The normalized spacial score (nSPS) is 16.0. The van der Waals surface area contributed by atoms with Crippen molar-refractivity contribution in [1.82, 2.24) is 4.31 Å². The fraction of sp³-hybridized carbons (Fsp3) is 0.588. The number of nitrogens with one attached hydrogen (secondary N) is 1. The molecule has 0 radical (unpaired) electrons. The summed E-state index contributed by atoms with van der Waals surface area (Å²) in [7, 11) is -3.41. The molecule has 24 heavy (non-hydrogen) atoms. The summed E-state index contributed by atoms with van der Waals surface area (Å²) in [6.45, 7) is 3.31. The van der Waals surface area contributed by atoms with Gasteiger partial charge in [-0.25, -0.2) is 8.42 Å². The van der Waals surface area contributed by atoms with Crippen molar-refractivity contribution in [3.63, 3.8) is 0 Å². The summed E-state index contributed by atoms with van der Waals surface area (Å²) in [6, 6.07) is 6.46. The van der Waals surface area contributed by atoms with Crippen molar-refractivity contribution < 1.29 is 13.2 Å². The molecule has 7 heteroatoms. The molecule has 1 fully saturated rings. The molecule has 1 N–H and O–H groups in total. The molecule has 1 aliphatic heterocycles. The van der Waals surface area contributed by atoms with E-state index in [-0.39, 0.29) is 5.91 Å². The van der Waals surface area contributed by atoms with Gasteiger partial charge in [0, 0.05) is 18.8 Å². The average molecular weight is 371 g/mol. The van der Waals surface area contributed by atoms with E-state index in [4.69, 9.17) is 0 Å². The molecule has 134 valence electrons. The summed E-state index contributed by atoms with van der Waals surface area (Å²) in [5, 5.41) is 2.81. The van der Waals surface area contributed by atoms with Crippen LogP contribution in [0.15, 0.2) is 29.2 Å². The Morgan fingerprint density at radius 2 is 1.83 bits per heavy atom. The first-order valence-corrected chi connectivity index (χ1v) is 11.1. The molecule has 0 aliphatic carbocycles. The van der Waals surface area contributed by atoms with E-state index in [0.29, 0.717) is 29.4 Å². The van der Waals surface area contributed by atoms with Crippen LogP contribution < -0.4 is 5.32 Å². The SMILES string of the molecule is CCCCSCC(=O)Nc1ccc(S(=O)(=O)N2CCCCC2)cc1. The van der Waals surface area contributed by atoms with Gasteiger partial charge in [0.25, 0.3) is 0 Å². The molecule has 0 unspecified atom stereocenters. The highest BCUT2D eigenvalue weighted by Crippen LogP contribution is 2.22. The maximum Gasteiger partial charge on any atom is 0.243 e. The number of carbonyl (C=O) groups is 1. The Morgan fingerprint density at radius 3 is 2.46 bits per heavy atom. The average Bonchev–Trinajstić information content (AvgIpc) is 2.60. The van der Waals surface area contributed by atoms with Gasteiger partial charge in [0.1, 0.15) is 0 Å². The van der Waals surface area contributed by atoms with Crippen molar-refractivity contribution in [3.8, 4) is 0 Å². The predicted molar refractivity (Wildman–Crippen MR) is 99.9 cm³/mol. The highest BCUT2D eigenvalue weighted by atomic mass is 32.2. The molecule has 0 saturated carbocycles. The standard InChI is InChI=1S/C17H26N2O3S2/c1-2-3-13-23-14-17(20)18-15-7-9-16(10-8-15)24(21,22)19-11-5-4-6-12-19/h7-10H,2-6,11-14H2,1H3,(H,18,20). The van der Waals surface area contributed by atoms with Gasteiger partial charge in [-0.15, -0.1) is 0 Å². The lowest BCUT2D eigenvalue weighted by Crippen LogP contribution is -2.35. The number of thioether (sulfide) groups is 1. The van der Waals surface area contributed by atoms with Gasteiger partial charge in [-0.2, -0.15) is 16.1 Å². The Hall–Kier alpha value is -1.05. The molecular formula is C17H26N2O3S2. The van der Waals surface area contributed by atoms with Crippen LogP contribution in [0.2, 0.25) is 0 Å². The highest BCUT2D eigenvalue weighted by molar-refractivity contribution is 7.99. The topological polar surface area (TPSA) is 66.5 Å². The van der Waals surface area contributed by atoms with Crippen LogP contribution in [-0.4, -0.2) is 43.2 Å². The number of unbranched alkanes of at least 4 members (excludes halogenated alkanes) is 1. The zero-order valence-electron chi connectivity index (χ0n) is 14.2. The smallest absolute Gasteiger partial charge is 0.243 e. The van der Waals surface area contributed by atoms with Gasteiger partial charge in [0.2, 0.25) is 15.9 Å². The van der Waals surface area contributed by atoms with Gasteiger partial charge >= 0.3 is 0 Å². The van der Waals surface area contributed by atoms with Gasteiger partial charge in [0.05, 0.1) is 10.6 Å². The second-order valence-corrected chi connectivity index (χ2v) is 8.99. The van der Waals surface area contributed by atoms with E-state index < -0.39 is 10.0 Å². The second-order valence-electron chi connectivity index (χ2n) is 5.94. The van der Waals surface area contributed by atoms with Crippen LogP contribution in [-0.2, 0) is 14.8 Å². The largest absolute Gasteiger partial charge is 0.325 e. The molecule has 1 aliphatic rings. The molecule has 2 rings (SSSR count). The Bertz CT molecular complexity index is 624. The summed E-state index contributed by atoms with van der Waals surface area (Å²) >= 11 is 1.62. The summed E-state index contributed by atoms with van der Waals surface area (Å²) in [5.74, 6) is 1.35. The molecule has 1 amide bonds. The summed E-state index contributed by atoms with van der Waals surface area (Å²) in [4.78, 5) is 12.1. The Kier molecular flexibility index (Phi) is 7.58. The number of sulfonamides is 1. The van der Waals surface area contributed by atoms with Crippen molar-refractivity contribution in [2.75, 3.05) is 29.9 Å². The fourth-order valence-corrected chi connectivity index (χ4v) is 4.98. The Morgan fingerprint density at radius 1 is 1.17 bits per heavy atom. The Labute approximate surface area is 149 Å². The second kappa shape index (κ2) is 9.44. The molecule has 0 atom stereocenters. The number of piperidine rings is 1. The number of benzene rings is 1. The van der Waals surface area contributed by atoms with E-state index in [9.17, 15) is 13.2 Å². The van der Waals surface area contributed by atoms with Gasteiger partial charge in [-0.05, 0) is 49.3 Å². The first-order valence-electron chi connectivity index (χ1n) is 8.52. The third kappa shape index (κ3) is 5.50. The summed E-state index contributed by atoms with van der Waals surface area (Å²) < 4.78 is 26.7. The number of hydrogen-bond donors (Lipinski definition) is 1. The molecular weight excluding hydrogens is 344 g/mol. The van der Waals surface area contributed by atoms with Crippen molar-refractivity contribution >= 4 is 33.4 Å². The molecule has 1 saturated heterocycles. The number of nitrogens with zero attached hydrogens (tertiary/aromatic N) is 1. The maximum absolute atomic E-state index is 12.6. The van der Waals surface area contributed by atoms with Crippen molar-refractivity contribution in [2.45, 2.75) is 43.9 Å². The van der Waals surface area contributed by atoms with E-state index in [1.165, 1.54) is 0 Å². The van der Waals surface area contributed by atoms with Crippen LogP contribution in [0.25, 0.3) is 0 Å². The lowest BCUT2D eigenvalue weighted by atomic mass is 10.2. The number of anilines is 1. The monoisotopic (exact) mass is 370 g/mol. The minimum absolute atomic E-state index is 0.0530. The van der Waals surface area contributed by atoms with Gasteiger partial charge in [-0.1, -0.05) is 19.8 Å². The zero-order chi connectivity index (χ0) is 17.4. The highest BCUT2D eigenvalue weighted by Gasteiger charge is 2.25. The number of hydrogen-bond acceptors (Lipinski definition) is 4. The van der Waals surface area contributed by atoms with E-state index in [1.54, 1.807) is 40.3 Å². The molecule has 0 aromatic heterocycles. The van der Waals surface area contributed by atoms with E-state index in [0.717, 1.165) is 37.9 Å². The van der Waals surface area contributed by atoms with Gasteiger partial charge in [-0.3, -0.25) is 4.79 Å². The van der Waals surface area contributed by atoms with Crippen molar-refractivity contribution in [2.24, 2.45) is 0 Å². The van der Waals surface area contributed by atoms with Crippen LogP contribution in [0.3, 0.4) is 0 Å². The molecule has 1 heterocycles. The van der Waals surface area contributed by atoms with Gasteiger partial charge < -0.3 is 5.32 Å². The fourth-order valence-electron chi connectivity index (χ4n) is 2.57. The first-order chi connectivity index (χ1) is 11.5. The lowest BCUT2D eigenvalue weighted by molar-refractivity contribution is -0.113. The third-order valence-electron chi connectivity index (χ3n) is 3.97. The molecule has 0 bridgehead atoms. The van der Waals surface area contributed by atoms with Crippen LogP contribution >= 0.6 is 11.8 Å².